The smallest absolute Gasteiger partial charge is 0.146 e. The largest absolute Gasteiger partial charge is 0.377 e. The summed E-state index contributed by atoms with van der Waals surface area (Å²) in [5.74, 6) is -0.520. The summed E-state index contributed by atoms with van der Waals surface area (Å²) in [7, 11) is 0. The number of aldehydes is 1. The van der Waals surface area contributed by atoms with E-state index in [1.165, 1.54) is 12.1 Å². The summed E-state index contributed by atoms with van der Waals surface area (Å²) in [5, 5.41) is 3.32. The summed E-state index contributed by atoms with van der Waals surface area (Å²) >= 11 is 0. The number of hydrogen-bond acceptors (Lipinski definition) is 4. The Balaban J connectivity index is 2.31. The standard InChI is InChI=1S/C11H11FN4O2/c12-10-5-8(14-15-13)1-2-11(10)16-3-4-18-7-9(16)6-17/h1-2,5-6,9H,3-4,7H2. The van der Waals surface area contributed by atoms with Crippen molar-refractivity contribution in [3.05, 3.63) is 34.5 Å². The van der Waals surface area contributed by atoms with Gasteiger partial charge in [0.15, 0.2) is 0 Å². The number of azide groups is 1. The van der Waals surface area contributed by atoms with Gasteiger partial charge in [-0.15, -0.1) is 0 Å². The van der Waals surface area contributed by atoms with E-state index in [2.05, 4.69) is 10.0 Å². The van der Waals surface area contributed by atoms with Crippen LogP contribution in [0.15, 0.2) is 23.3 Å². The number of carbonyl (C=O) groups excluding carboxylic acids is 1. The molecule has 6 nitrogen and oxygen atoms in total. The van der Waals surface area contributed by atoms with E-state index in [-0.39, 0.29) is 12.3 Å². The topological polar surface area (TPSA) is 78.3 Å². The minimum absolute atomic E-state index is 0.203. The van der Waals surface area contributed by atoms with E-state index in [0.717, 1.165) is 12.4 Å². The predicted molar refractivity (Wildman–Crippen MR) is 63.2 cm³/mol. The fourth-order valence-electron chi connectivity index (χ4n) is 1.88. The van der Waals surface area contributed by atoms with Crippen LogP contribution < -0.4 is 4.90 Å². The number of benzene rings is 1. The maximum absolute atomic E-state index is 13.9. The molecule has 1 aromatic rings. The number of carbonyl (C=O) groups is 1. The van der Waals surface area contributed by atoms with Gasteiger partial charge in [0.1, 0.15) is 18.1 Å². The van der Waals surface area contributed by atoms with Crippen LogP contribution in [-0.4, -0.2) is 32.1 Å². The van der Waals surface area contributed by atoms with Crippen molar-refractivity contribution in [1.29, 1.82) is 0 Å². The minimum Gasteiger partial charge on any atom is -0.377 e. The number of anilines is 1. The van der Waals surface area contributed by atoms with E-state index in [1.807, 2.05) is 0 Å². The van der Waals surface area contributed by atoms with Crippen molar-refractivity contribution in [1.82, 2.24) is 0 Å². The van der Waals surface area contributed by atoms with Crippen LogP contribution in [0.25, 0.3) is 10.4 Å². The number of halogens is 1. The molecule has 1 aliphatic rings. The molecule has 0 saturated carbocycles. The van der Waals surface area contributed by atoms with Crippen LogP contribution in [0.1, 0.15) is 0 Å². The first-order valence-corrected chi connectivity index (χ1v) is 5.40. The zero-order chi connectivity index (χ0) is 13.0. The second-order valence-electron chi connectivity index (χ2n) is 3.80. The fraction of sp³-hybridized carbons (Fsp3) is 0.364. The summed E-state index contributed by atoms with van der Waals surface area (Å²) in [4.78, 5) is 15.1. The molecule has 0 aliphatic carbocycles. The van der Waals surface area contributed by atoms with E-state index in [0.29, 0.717) is 18.8 Å². The van der Waals surface area contributed by atoms with E-state index < -0.39 is 11.9 Å². The molecule has 18 heavy (non-hydrogen) atoms. The van der Waals surface area contributed by atoms with Gasteiger partial charge in [-0.3, -0.25) is 0 Å². The van der Waals surface area contributed by atoms with Crippen LogP contribution in [0.2, 0.25) is 0 Å². The van der Waals surface area contributed by atoms with Crippen molar-refractivity contribution < 1.29 is 13.9 Å². The first-order valence-electron chi connectivity index (χ1n) is 5.40. The molecule has 1 fully saturated rings. The van der Waals surface area contributed by atoms with E-state index in [9.17, 15) is 9.18 Å². The van der Waals surface area contributed by atoms with Gasteiger partial charge in [0.05, 0.1) is 18.9 Å². The third-order valence-corrected chi connectivity index (χ3v) is 2.72. The molecule has 1 aromatic carbocycles. The monoisotopic (exact) mass is 250 g/mol. The Morgan fingerprint density at radius 1 is 1.61 bits per heavy atom. The molecule has 0 spiro atoms. The lowest BCUT2D eigenvalue weighted by atomic mass is 10.2. The van der Waals surface area contributed by atoms with E-state index >= 15 is 0 Å². The Morgan fingerprint density at radius 3 is 3.11 bits per heavy atom. The number of ether oxygens (including phenoxy) is 1. The SMILES string of the molecule is [N-]=[N+]=Nc1ccc(N2CCOCC2C=O)c(F)c1. The number of morpholine rings is 1. The molecule has 94 valence electrons. The van der Waals surface area contributed by atoms with Crippen LogP contribution in [0.3, 0.4) is 0 Å². The predicted octanol–water partition coefficient (Wildman–Crippen LogP) is 2.17. The average Bonchev–Trinajstić information content (AvgIpc) is 2.39. The van der Waals surface area contributed by atoms with Crippen LogP contribution in [0.5, 0.6) is 0 Å². The van der Waals surface area contributed by atoms with Crippen LogP contribution in [0.4, 0.5) is 15.8 Å². The lowest BCUT2D eigenvalue weighted by Crippen LogP contribution is -2.46. The normalized spacial score (nSPS) is 19.2. The van der Waals surface area contributed by atoms with Crippen molar-refractivity contribution in [3.8, 4) is 0 Å². The molecule has 0 amide bonds. The van der Waals surface area contributed by atoms with Crippen LogP contribution in [-0.2, 0) is 9.53 Å². The Labute approximate surface area is 103 Å². The van der Waals surface area contributed by atoms with E-state index in [1.54, 1.807) is 4.90 Å². The zero-order valence-electron chi connectivity index (χ0n) is 9.49. The van der Waals surface area contributed by atoms with Crippen molar-refractivity contribution in [2.75, 3.05) is 24.7 Å². The van der Waals surface area contributed by atoms with Gasteiger partial charge in [-0.2, -0.15) is 0 Å². The maximum Gasteiger partial charge on any atom is 0.146 e. The Kier molecular flexibility index (Phi) is 3.76. The molecular weight excluding hydrogens is 239 g/mol. The quantitative estimate of drug-likeness (QED) is 0.357. The molecule has 7 heteroatoms. The lowest BCUT2D eigenvalue weighted by molar-refractivity contribution is -0.111. The summed E-state index contributed by atoms with van der Waals surface area (Å²) in [5.41, 5.74) is 8.79. The van der Waals surface area contributed by atoms with Gasteiger partial charge in [0.2, 0.25) is 0 Å². The number of rotatable bonds is 3. The molecule has 0 radical (unpaired) electrons. The molecule has 1 saturated heterocycles. The van der Waals surface area contributed by atoms with Gasteiger partial charge < -0.3 is 14.4 Å². The van der Waals surface area contributed by atoms with Crippen LogP contribution in [0, 0.1) is 5.82 Å². The molecule has 1 aliphatic heterocycles. The molecular formula is C11H11FN4O2. The summed E-state index contributed by atoms with van der Waals surface area (Å²) in [6.45, 7) is 1.14. The summed E-state index contributed by atoms with van der Waals surface area (Å²) in [6, 6.07) is 3.67. The van der Waals surface area contributed by atoms with Gasteiger partial charge >= 0.3 is 0 Å². The Hall–Kier alpha value is -2.11. The summed E-state index contributed by atoms with van der Waals surface area (Å²) in [6.07, 6.45) is 0.736. The van der Waals surface area contributed by atoms with Gasteiger partial charge in [0.25, 0.3) is 0 Å². The third-order valence-electron chi connectivity index (χ3n) is 2.72. The number of nitrogens with zero attached hydrogens (tertiary/aromatic N) is 4. The zero-order valence-corrected chi connectivity index (χ0v) is 9.49. The minimum atomic E-state index is -0.520. The molecule has 0 bridgehead atoms. The highest BCUT2D eigenvalue weighted by Gasteiger charge is 2.24. The first kappa shape index (κ1) is 12.3. The highest BCUT2D eigenvalue weighted by Crippen LogP contribution is 2.26. The third kappa shape index (κ3) is 2.42. The van der Waals surface area contributed by atoms with Gasteiger partial charge in [-0.1, -0.05) is 11.2 Å². The molecule has 0 N–H and O–H groups in total. The highest BCUT2D eigenvalue weighted by molar-refractivity contribution is 5.67. The fourth-order valence-corrected chi connectivity index (χ4v) is 1.88. The van der Waals surface area contributed by atoms with Crippen molar-refractivity contribution >= 4 is 17.7 Å². The summed E-state index contributed by atoms with van der Waals surface area (Å²) < 4.78 is 19.1. The lowest BCUT2D eigenvalue weighted by Gasteiger charge is -2.34. The molecule has 1 unspecified atom stereocenters. The second-order valence-corrected chi connectivity index (χ2v) is 3.80. The molecule has 1 heterocycles. The maximum atomic E-state index is 13.9. The van der Waals surface area contributed by atoms with E-state index in [4.69, 9.17) is 10.3 Å². The molecule has 0 aromatic heterocycles. The van der Waals surface area contributed by atoms with Gasteiger partial charge in [-0.25, -0.2) is 4.39 Å². The van der Waals surface area contributed by atoms with Crippen LogP contribution >= 0.6 is 0 Å². The van der Waals surface area contributed by atoms with Crippen molar-refractivity contribution in [2.45, 2.75) is 6.04 Å². The van der Waals surface area contributed by atoms with Gasteiger partial charge in [-0.05, 0) is 17.7 Å². The Bertz CT molecular complexity index is 502. The number of hydrogen-bond donors (Lipinski definition) is 0. The van der Waals surface area contributed by atoms with Crippen molar-refractivity contribution in [3.63, 3.8) is 0 Å². The molecule has 1 atom stereocenters. The molecule has 2 rings (SSSR count). The average molecular weight is 250 g/mol. The Morgan fingerprint density at radius 2 is 2.44 bits per heavy atom. The van der Waals surface area contributed by atoms with Crippen molar-refractivity contribution in [2.24, 2.45) is 5.11 Å². The van der Waals surface area contributed by atoms with Gasteiger partial charge in [0, 0.05) is 17.1 Å². The first-order chi connectivity index (χ1) is 8.76. The second kappa shape index (κ2) is 5.48. The highest BCUT2D eigenvalue weighted by atomic mass is 19.1.